The zero-order valence-electron chi connectivity index (χ0n) is 5.37. The molecule has 0 aromatic carbocycles. The van der Waals surface area contributed by atoms with Crippen molar-refractivity contribution in [2.75, 3.05) is 5.73 Å². The maximum Gasteiger partial charge on any atom is 0.269 e. The minimum Gasteiger partial charge on any atom is -0.375 e. The van der Waals surface area contributed by atoms with Gasteiger partial charge >= 0.3 is 0 Å². The van der Waals surface area contributed by atoms with E-state index in [1.54, 1.807) is 6.07 Å². The molecule has 1 aromatic heterocycles. The first-order valence-corrected chi connectivity index (χ1v) is 3.43. The van der Waals surface area contributed by atoms with E-state index < -0.39 is 5.91 Å². The van der Waals surface area contributed by atoms with E-state index in [-0.39, 0.29) is 15.7 Å². The zero-order chi connectivity index (χ0) is 8.43. The van der Waals surface area contributed by atoms with Gasteiger partial charge in [-0.2, -0.15) is 5.26 Å². The number of rotatable bonds is 1. The molecule has 0 aliphatic carbocycles. The Morgan fingerprint density at radius 1 is 1.73 bits per heavy atom. The second-order valence-electron chi connectivity index (χ2n) is 1.71. The molecule has 1 amide bonds. The summed E-state index contributed by atoms with van der Waals surface area (Å²) in [4.78, 5) is 14.3. The second-order valence-corrected chi connectivity index (χ2v) is 2.74. The van der Waals surface area contributed by atoms with Gasteiger partial charge in [-0.1, -0.05) is 11.3 Å². The largest absolute Gasteiger partial charge is 0.375 e. The molecule has 6 heteroatoms. The smallest absolute Gasteiger partial charge is 0.269 e. The molecule has 5 nitrogen and oxygen atoms in total. The molecular weight excluding hydrogens is 164 g/mol. The average molecular weight is 168 g/mol. The molecule has 1 heterocycles. The molecule has 0 atom stereocenters. The Morgan fingerprint density at radius 2 is 2.36 bits per heavy atom. The molecule has 0 aliphatic rings. The van der Waals surface area contributed by atoms with Crippen LogP contribution in [-0.2, 0) is 0 Å². The first-order chi connectivity index (χ1) is 5.15. The molecule has 0 fully saturated rings. The number of amides is 1. The highest BCUT2D eigenvalue weighted by molar-refractivity contribution is 7.16. The third-order valence-corrected chi connectivity index (χ3v) is 1.77. The Kier molecular flexibility index (Phi) is 1.74. The lowest BCUT2D eigenvalue weighted by molar-refractivity contribution is 0.0996. The fourth-order valence-corrected chi connectivity index (χ4v) is 1.21. The van der Waals surface area contributed by atoms with Crippen molar-refractivity contribution in [3.63, 3.8) is 0 Å². The number of nitrogens with two attached hydrogens (primary N) is 2. The molecule has 1 rings (SSSR count). The number of anilines is 1. The van der Waals surface area contributed by atoms with Gasteiger partial charge in [0.15, 0.2) is 10.8 Å². The summed E-state index contributed by atoms with van der Waals surface area (Å²) in [5.41, 5.74) is 10.1. The Balaban J connectivity index is 3.26. The molecule has 0 radical (unpaired) electrons. The van der Waals surface area contributed by atoms with Crippen molar-refractivity contribution in [3.05, 3.63) is 10.6 Å². The fourth-order valence-electron chi connectivity index (χ4n) is 0.579. The minimum atomic E-state index is -0.727. The van der Waals surface area contributed by atoms with Crippen LogP contribution in [0.4, 0.5) is 5.13 Å². The van der Waals surface area contributed by atoms with Crippen molar-refractivity contribution in [2.45, 2.75) is 0 Å². The number of hydrogen-bond acceptors (Lipinski definition) is 5. The standard InChI is InChI=1S/C5H4N4OS/c6-1-2-3(4(7)10)9-5(8)11-2/h(H2,7,10)(H2,8,9). The molecule has 0 saturated carbocycles. The molecule has 0 aliphatic heterocycles. The van der Waals surface area contributed by atoms with E-state index in [2.05, 4.69) is 4.98 Å². The molecule has 0 saturated heterocycles. The van der Waals surface area contributed by atoms with Gasteiger partial charge in [-0.3, -0.25) is 4.79 Å². The Bertz CT molecular complexity index is 337. The van der Waals surface area contributed by atoms with Crippen LogP contribution in [0.5, 0.6) is 0 Å². The maximum absolute atomic E-state index is 10.6. The van der Waals surface area contributed by atoms with Crippen LogP contribution in [0, 0.1) is 11.3 Å². The number of nitriles is 1. The van der Waals surface area contributed by atoms with E-state index in [1.807, 2.05) is 0 Å². The van der Waals surface area contributed by atoms with Gasteiger partial charge in [-0.05, 0) is 0 Å². The number of carbonyl (C=O) groups excluding carboxylic acids is 1. The second kappa shape index (κ2) is 2.56. The number of carbonyl (C=O) groups is 1. The first kappa shape index (κ1) is 7.50. The number of nitrogens with zero attached hydrogens (tertiary/aromatic N) is 2. The van der Waals surface area contributed by atoms with Gasteiger partial charge in [-0.25, -0.2) is 4.98 Å². The van der Waals surface area contributed by atoms with Crippen LogP contribution in [0.25, 0.3) is 0 Å². The highest BCUT2D eigenvalue weighted by atomic mass is 32.1. The quantitative estimate of drug-likeness (QED) is 0.600. The lowest BCUT2D eigenvalue weighted by Gasteiger charge is -1.84. The van der Waals surface area contributed by atoms with E-state index in [1.165, 1.54) is 0 Å². The van der Waals surface area contributed by atoms with Crippen LogP contribution < -0.4 is 11.5 Å². The predicted molar refractivity (Wildman–Crippen MR) is 39.8 cm³/mol. The monoisotopic (exact) mass is 168 g/mol. The lowest BCUT2D eigenvalue weighted by atomic mass is 10.4. The molecule has 11 heavy (non-hydrogen) atoms. The van der Waals surface area contributed by atoms with E-state index in [0.717, 1.165) is 11.3 Å². The van der Waals surface area contributed by atoms with Gasteiger partial charge in [0, 0.05) is 0 Å². The Hall–Kier alpha value is -1.61. The van der Waals surface area contributed by atoms with Gasteiger partial charge < -0.3 is 11.5 Å². The fraction of sp³-hybridized carbons (Fsp3) is 0. The third kappa shape index (κ3) is 1.28. The van der Waals surface area contributed by atoms with E-state index in [9.17, 15) is 4.79 Å². The van der Waals surface area contributed by atoms with Crippen molar-refractivity contribution in [1.82, 2.24) is 4.98 Å². The molecule has 0 bridgehead atoms. The molecular formula is C5H4N4OS. The van der Waals surface area contributed by atoms with Gasteiger partial charge in [0.2, 0.25) is 0 Å². The third-order valence-electron chi connectivity index (χ3n) is 0.979. The summed E-state index contributed by atoms with van der Waals surface area (Å²) in [6.45, 7) is 0. The number of hydrogen-bond donors (Lipinski definition) is 2. The van der Waals surface area contributed by atoms with E-state index in [4.69, 9.17) is 16.7 Å². The molecule has 1 aromatic rings. The van der Waals surface area contributed by atoms with Crippen LogP contribution in [0.15, 0.2) is 0 Å². The van der Waals surface area contributed by atoms with Crippen LogP contribution in [0.2, 0.25) is 0 Å². The average Bonchev–Trinajstić information content (AvgIpc) is 2.30. The van der Waals surface area contributed by atoms with E-state index >= 15 is 0 Å². The molecule has 56 valence electrons. The summed E-state index contributed by atoms with van der Waals surface area (Å²) in [6.07, 6.45) is 0. The summed E-state index contributed by atoms with van der Waals surface area (Å²) in [6, 6.07) is 1.77. The summed E-state index contributed by atoms with van der Waals surface area (Å²) in [7, 11) is 0. The highest BCUT2D eigenvalue weighted by Crippen LogP contribution is 2.18. The Morgan fingerprint density at radius 3 is 2.73 bits per heavy atom. The first-order valence-electron chi connectivity index (χ1n) is 2.61. The number of nitrogen functional groups attached to an aromatic ring is 1. The van der Waals surface area contributed by atoms with Gasteiger partial charge in [-0.15, -0.1) is 0 Å². The van der Waals surface area contributed by atoms with Crippen molar-refractivity contribution in [1.29, 1.82) is 5.26 Å². The summed E-state index contributed by atoms with van der Waals surface area (Å²) in [5.74, 6) is -0.727. The molecule has 4 N–H and O–H groups in total. The number of primary amides is 1. The number of aromatic nitrogens is 1. The van der Waals surface area contributed by atoms with Gasteiger partial charge in [0.1, 0.15) is 10.9 Å². The van der Waals surface area contributed by atoms with Crippen LogP contribution in [-0.4, -0.2) is 10.9 Å². The lowest BCUT2D eigenvalue weighted by Crippen LogP contribution is -2.12. The minimum absolute atomic E-state index is 0.0463. The normalized spacial score (nSPS) is 9.00. The van der Waals surface area contributed by atoms with Crippen LogP contribution in [0.1, 0.15) is 15.4 Å². The SMILES string of the molecule is N#Cc1sc(N)nc1C(N)=O. The van der Waals surface area contributed by atoms with E-state index in [0.29, 0.717) is 0 Å². The van der Waals surface area contributed by atoms with Gasteiger partial charge in [0.25, 0.3) is 5.91 Å². The topological polar surface area (TPSA) is 106 Å². The molecule has 0 unspecified atom stereocenters. The zero-order valence-corrected chi connectivity index (χ0v) is 6.18. The van der Waals surface area contributed by atoms with Crippen molar-refractivity contribution in [2.24, 2.45) is 5.73 Å². The molecule has 0 spiro atoms. The maximum atomic E-state index is 10.6. The summed E-state index contributed by atoms with van der Waals surface area (Å²) < 4.78 is 0. The van der Waals surface area contributed by atoms with Crippen molar-refractivity contribution >= 4 is 22.4 Å². The Labute approximate surface area is 66.3 Å². The predicted octanol–water partition coefficient (Wildman–Crippen LogP) is -0.304. The summed E-state index contributed by atoms with van der Waals surface area (Å²) in [5, 5.41) is 8.61. The van der Waals surface area contributed by atoms with Crippen molar-refractivity contribution < 1.29 is 4.79 Å². The number of thiazole rings is 1. The van der Waals surface area contributed by atoms with Crippen LogP contribution >= 0.6 is 11.3 Å². The summed E-state index contributed by atoms with van der Waals surface area (Å²) >= 11 is 0.947. The van der Waals surface area contributed by atoms with Crippen molar-refractivity contribution in [3.8, 4) is 6.07 Å². The van der Waals surface area contributed by atoms with Gasteiger partial charge in [0.05, 0.1) is 0 Å². The van der Waals surface area contributed by atoms with Crippen LogP contribution in [0.3, 0.4) is 0 Å². The highest BCUT2D eigenvalue weighted by Gasteiger charge is 2.13.